The summed E-state index contributed by atoms with van der Waals surface area (Å²) in [6, 6.07) is 0.194. The predicted octanol–water partition coefficient (Wildman–Crippen LogP) is 0.869. The first-order chi connectivity index (χ1) is 7.42. The monoisotopic (exact) mass is 225 g/mol. The van der Waals surface area contributed by atoms with Crippen molar-refractivity contribution in [3.8, 4) is 0 Å². The standard InChI is InChI=1S/C10H15N3OS/c1-11-10(8-4-12-7-13-5-8)9-6-15-3-2-14-9/h4-5,7,9-11H,2-3,6H2,1H3. The summed E-state index contributed by atoms with van der Waals surface area (Å²) in [7, 11) is 1.94. The Morgan fingerprint density at radius 3 is 2.93 bits per heavy atom. The van der Waals surface area contributed by atoms with E-state index in [4.69, 9.17) is 4.74 Å². The zero-order chi connectivity index (χ0) is 10.5. The van der Waals surface area contributed by atoms with Crippen LogP contribution in [0.5, 0.6) is 0 Å². The third-order valence-electron chi connectivity index (χ3n) is 2.46. The highest BCUT2D eigenvalue weighted by atomic mass is 32.2. The number of hydrogen-bond acceptors (Lipinski definition) is 5. The molecule has 15 heavy (non-hydrogen) atoms. The van der Waals surface area contributed by atoms with Crippen molar-refractivity contribution >= 4 is 11.8 Å². The molecule has 1 aromatic rings. The summed E-state index contributed by atoms with van der Waals surface area (Å²) in [6.07, 6.45) is 5.46. The van der Waals surface area contributed by atoms with Gasteiger partial charge in [-0.05, 0) is 7.05 Å². The van der Waals surface area contributed by atoms with Crippen molar-refractivity contribution in [3.05, 3.63) is 24.3 Å². The zero-order valence-corrected chi connectivity index (χ0v) is 9.54. The maximum atomic E-state index is 5.75. The molecule has 0 aromatic carbocycles. The first-order valence-electron chi connectivity index (χ1n) is 5.03. The van der Waals surface area contributed by atoms with Crippen molar-refractivity contribution in [1.82, 2.24) is 15.3 Å². The lowest BCUT2D eigenvalue weighted by Gasteiger charge is -2.29. The minimum atomic E-state index is 0.194. The summed E-state index contributed by atoms with van der Waals surface area (Å²) in [6.45, 7) is 0.835. The molecular weight excluding hydrogens is 210 g/mol. The Morgan fingerprint density at radius 1 is 1.53 bits per heavy atom. The van der Waals surface area contributed by atoms with Crippen LogP contribution in [0.1, 0.15) is 11.6 Å². The molecule has 0 spiro atoms. The Hall–Kier alpha value is -0.650. The number of aromatic nitrogens is 2. The molecule has 0 bridgehead atoms. The fraction of sp³-hybridized carbons (Fsp3) is 0.600. The predicted molar refractivity (Wildman–Crippen MR) is 60.9 cm³/mol. The van der Waals surface area contributed by atoms with E-state index in [-0.39, 0.29) is 12.1 Å². The molecule has 1 N–H and O–H groups in total. The van der Waals surface area contributed by atoms with E-state index in [1.807, 2.05) is 31.2 Å². The van der Waals surface area contributed by atoms with Crippen molar-refractivity contribution in [2.75, 3.05) is 25.2 Å². The quantitative estimate of drug-likeness (QED) is 0.827. The van der Waals surface area contributed by atoms with Gasteiger partial charge in [-0.1, -0.05) is 0 Å². The van der Waals surface area contributed by atoms with E-state index >= 15 is 0 Å². The second-order valence-corrected chi connectivity index (χ2v) is 4.57. The number of thioether (sulfide) groups is 1. The van der Waals surface area contributed by atoms with Crippen molar-refractivity contribution in [2.24, 2.45) is 0 Å². The van der Waals surface area contributed by atoms with Gasteiger partial charge in [0.2, 0.25) is 0 Å². The van der Waals surface area contributed by atoms with Gasteiger partial charge in [0.25, 0.3) is 0 Å². The molecule has 5 heteroatoms. The molecule has 2 rings (SSSR count). The largest absolute Gasteiger partial charge is 0.375 e. The Labute approximate surface area is 93.8 Å². The average molecular weight is 225 g/mol. The molecule has 1 fully saturated rings. The minimum Gasteiger partial charge on any atom is -0.375 e. The molecule has 2 atom stereocenters. The highest BCUT2D eigenvalue weighted by Crippen LogP contribution is 2.24. The highest BCUT2D eigenvalue weighted by molar-refractivity contribution is 7.99. The van der Waals surface area contributed by atoms with Gasteiger partial charge in [-0.3, -0.25) is 0 Å². The van der Waals surface area contributed by atoms with Gasteiger partial charge in [0.15, 0.2) is 0 Å². The maximum Gasteiger partial charge on any atom is 0.115 e. The van der Waals surface area contributed by atoms with Crippen LogP contribution in [0.25, 0.3) is 0 Å². The summed E-state index contributed by atoms with van der Waals surface area (Å²) < 4.78 is 5.75. The van der Waals surface area contributed by atoms with Gasteiger partial charge in [-0.2, -0.15) is 11.8 Å². The van der Waals surface area contributed by atoms with Gasteiger partial charge in [-0.25, -0.2) is 9.97 Å². The third-order valence-corrected chi connectivity index (χ3v) is 3.48. The van der Waals surface area contributed by atoms with E-state index < -0.39 is 0 Å². The number of ether oxygens (including phenoxy) is 1. The number of likely N-dealkylation sites (N-methyl/N-ethyl adjacent to an activating group) is 1. The summed E-state index contributed by atoms with van der Waals surface area (Å²) in [5.41, 5.74) is 1.09. The smallest absolute Gasteiger partial charge is 0.115 e. The number of nitrogens with one attached hydrogen (secondary N) is 1. The fourth-order valence-electron chi connectivity index (χ4n) is 1.74. The zero-order valence-electron chi connectivity index (χ0n) is 8.72. The van der Waals surface area contributed by atoms with Crippen LogP contribution in [-0.4, -0.2) is 41.2 Å². The highest BCUT2D eigenvalue weighted by Gasteiger charge is 2.25. The molecule has 0 amide bonds. The fourth-order valence-corrected chi connectivity index (χ4v) is 2.64. The summed E-state index contributed by atoms with van der Waals surface area (Å²) in [5.74, 6) is 2.12. The second kappa shape index (κ2) is 5.44. The topological polar surface area (TPSA) is 47.0 Å². The SMILES string of the molecule is CNC(c1cncnc1)C1CSCCO1. The first-order valence-corrected chi connectivity index (χ1v) is 6.19. The average Bonchev–Trinajstić information content (AvgIpc) is 2.33. The van der Waals surface area contributed by atoms with Gasteiger partial charge in [0, 0.05) is 29.5 Å². The summed E-state index contributed by atoms with van der Waals surface area (Å²) in [5, 5.41) is 3.27. The van der Waals surface area contributed by atoms with Crippen LogP contribution in [0.15, 0.2) is 18.7 Å². The Kier molecular flexibility index (Phi) is 3.94. The molecule has 0 saturated carbocycles. The lowest BCUT2D eigenvalue weighted by molar-refractivity contribution is 0.0487. The van der Waals surface area contributed by atoms with E-state index in [1.54, 1.807) is 6.33 Å². The summed E-state index contributed by atoms with van der Waals surface area (Å²) in [4.78, 5) is 8.07. The maximum absolute atomic E-state index is 5.75. The molecular formula is C10H15N3OS. The number of nitrogens with zero attached hydrogens (tertiary/aromatic N) is 2. The minimum absolute atomic E-state index is 0.194. The normalized spacial score (nSPS) is 23.7. The van der Waals surface area contributed by atoms with Crippen LogP contribution in [0, 0.1) is 0 Å². The van der Waals surface area contributed by atoms with E-state index in [1.165, 1.54) is 0 Å². The molecule has 1 aliphatic rings. The van der Waals surface area contributed by atoms with Crippen molar-refractivity contribution in [3.63, 3.8) is 0 Å². The molecule has 4 nitrogen and oxygen atoms in total. The molecule has 0 radical (unpaired) electrons. The summed E-state index contributed by atoms with van der Waals surface area (Å²) >= 11 is 1.94. The van der Waals surface area contributed by atoms with Crippen molar-refractivity contribution in [1.29, 1.82) is 0 Å². The van der Waals surface area contributed by atoms with E-state index in [9.17, 15) is 0 Å². The lowest BCUT2D eigenvalue weighted by Crippen LogP contribution is -2.36. The van der Waals surface area contributed by atoms with Gasteiger partial charge in [0.05, 0.1) is 18.8 Å². The lowest BCUT2D eigenvalue weighted by atomic mass is 10.1. The van der Waals surface area contributed by atoms with Crippen LogP contribution in [0.4, 0.5) is 0 Å². The van der Waals surface area contributed by atoms with Crippen molar-refractivity contribution in [2.45, 2.75) is 12.1 Å². The van der Waals surface area contributed by atoms with Crippen LogP contribution >= 0.6 is 11.8 Å². The third kappa shape index (κ3) is 2.68. The molecule has 82 valence electrons. The van der Waals surface area contributed by atoms with Gasteiger partial charge in [-0.15, -0.1) is 0 Å². The Bertz CT molecular complexity index is 290. The Balaban J connectivity index is 2.09. The number of rotatable bonds is 3. The molecule has 2 heterocycles. The van der Waals surface area contributed by atoms with Crippen LogP contribution in [-0.2, 0) is 4.74 Å². The van der Waals surface area contributed by atoms with Gasteiger partial charge in [0.1, 0.15) is 6.33 Å². The number of hydrogen-bond donors (Lipinski definition) is 1. The van der Waals surface area contributed by atoms with E-state index in [0.29, 0.717) is 0 Å². The Morgan fingerprint density at radius 2 is 2.33 bits per heavy atom. The van der Waals surface area contributed by atoms with Gasteiger partial charge >= 0.3 is 0 Å². The van der Waals surface area contributed by atoms with Gasteiger partial charge < -0.3 is 10.1 Å². The van der Waals surface area contributed by atoms with Crippen molar-refractivity contribution < 1.29 is 4.74 Å². The molecule has 1 aromatic heterocycles. The molecule has 2 unspecified atom stereocenters. The van der Waals surface area contributed by atoms with Crippen LogP contribution < -0.4 is 5.32 Å². The molecule has 0 aliphatic carbocycles. The van der Waals surface area contributed by atoms with Crippen LogP contribution in [0.3, 0.4) is 0 Å². The molecule has 1 saturated heterocycles. The second-order valence-electron chi connectivity index (χ2n) is 3.42. The first kappa shape index (κ1) is 10.9. The van der Waals surface area contributed by atoms with E-state index in [2.05, 4.69) is 15.3 Å². The van der Waals surface area contributed by atoms with E-state index in [0.717, 1.165) is 23.7 Å². The van der Waals surface area contributed by atoms with Crippen LogP contribution in [0.2, 0.25) is 0 Å². The molecule has 1 aliphatic heterocycles.